The molecule has 0 aliphatic carbocycles. The van der Waals surface area contributed by atoms with E-state index in [0.29, 0.717) is 13.2 Å². The molecule has 1 rings (SSSR count). The molecule has 3 nitrogen and oxygen atoms in total. The Morgan fingerprint density at radius 1 is 1.50 bits per heavy atom. The molecule has 0 amide bonds. The van der Waals surface area contributed by atoms with Gasteiger partial charge in [-0.1, -0.05) is 18.7 Å². The van der Waals surface area contributed by atoms with Gasteiger partial charge in [-0.25, -0.2) is 0 Å². The Labute approximate surface area is 96.8 Å². The van der Waals surface area contributed by atoms with E-state index in [1.165, 1.54) is 0 Å². The number of benzene rings is 1. The first-order valence-electron chi connectivity index (χ1n) is 5.40. The van der Waals surface area contributed by atoms with Crippen LogP contribution in [0.3, 0.4) is 0 Å². The van der Waals surface area contributed by atoms with Gasteiger partial charge in [0.15, 0.2) is 0 Å². The fourth-order valence-corrected chi connectivity index (χ4v) is 1.26. The fourth-order valence-electron chi connectivity index (χ4n) is 1.26. The van der Waals surface area contributed by atoms with E-state index in [1.807, 2.05) is 31.2 Å². The lowest BCUT2D eigenvalue weighted by molar-refractivity contribution is 0.292. The van der Waals surface area contributed by atoms with E-state index in [-0.39, 0.29) is 6.61 Å². The summed E-state index contributed by atoms with van der Waals surface area (Å²) in [6.45, 7) is 7.78. The van der Waals surface area contributed by atoms with Crippen molar-refractivity contribution in [1.29, 1.82) is 0 Å². The molecule has 0 unspecified atom stereocenters. The Morgan fingerprint density at radius 2 is 2.31 bits per heavy atom. The summed E-state index contributed by atoms with van der Waals surface area (Å²) in [7, 11) is 0. The Morgan fingerprint density at radius 3 is 3.00 bits per heavy atom. The van der Waals surface area contributed by atoms with Crippen molar-refractivity contribution in [3.05, 3.63) is 42.0 Å². The first kappa shape index (κ1) is 12.7. The predicted molar refractivity (Wildman–Crippen MR) is 65.5 cm³/mol. The van der Waals surface area contributed by atoms with Crippen LogP contribution < -0.4 is 10.1 Å². The van der Waals surface area contributed by atoms with Crippen LogP contribution >= 0.6 is 0 Å². The summed E-state index contributed by atoms with van der Waals surface area (Å²) in [5, 5.41) is 11.8. The first-order chi connectivity index (χ1) is 7.72. The summed E-state index contributed by atoms with van der Waals surface area (Å²) >= 11 is 0. The van der Waals surface area contributed by atoms with Crippen LogP contribution in [0.25, 0.3) is 0 Å². The minimum atomic E-state index is 0.159. The molecule has 0 fully saturated rings. The van der Waals surface area contributed by atoms with Gasteiger partial charge in [0.1, 0.15) is 12.4 Å². The van der Waals surface area contributed by atoms with Crippen LogP contribution in [0.5, 0.6) is 5.75 Å². The summed E-state index contributed by atoms with van der Waals surface area (Å²) in [6.07, 6.45) is 0. The highest BCUT2D eigenvalue weighted by molar-refractivity contribution is 5.28. The quantitative estimate of drug-likeness (QED) is 0.544. The van der Waals surface area contributed by atoms with Crippen molar-refractivity contribution in [2.45, 2.75) is 13.5 Å². The maximum Gasteiger partial charge on any atom is 0.120 e. The molecule has 0 radical (unpaired) electrons. The second kappa shape index (κ2) is 7.04. The zero-order chi connectivity index (χ0) is 11.8. The number of nitrogens with one attached hydrogen (secondary N) is 1. The number of aliphatic hydroxyl groups is 1. The van der Waals surface area contributed by atoms with Gasteiger partial charge in [0.25, 0.3) is 0 Å². The van der Waals surface area contributed by atoms with Gasteiger partial charge in [0.05, 0.1) is 6.61 Å². The van der Waals surface area contributed by atoms with Gasteiger partial charge in [-0.3, -0.25) is 0 Å². The van der Waals surface area contributed by atoms with Crippen molar-refractivity contribution >= 4 is 0 Å². The van der Waals surface area contributed by atoms with Crippen molar-refractivity contribution in [3.8, 4) is 5.75 Å². The average Bonchev–Trinajstić information content (AvgIpc) is 2.27. The number of aliphatic hydroxyl groups excluding tert-OH is 1. The topological polar surface area (TPSA) is 41.5 Å². The molecule has 0 bridgehead atoms. The molecule has 88 valence electrons. The second-order valence-corrected chi connectivity index (χ2v) is 3.79. The number of ether oxygens (including phenoxy) is 1. The normalized spacial score (nSPS) is 10.1. The van der Waals surface area contributed by atoms with Crippen LogP contribution in [-0.4, -0.2) is 24.9 Å². The fraction of sp³-hybridized carbons (Fsp3) is 0.385. The van der Waals surface area contributed by atoms with E-state index in [4.69, 9.17) is 9.84 Å². The standard InChI is InChI=1S/C13H19NO2/c1-11(2)10-16-13-5-3-4-12(8-13)9-14-6-7-15/h3-5,8,14-15H,1,6-7,9-10H2,2H3. The molecule has 1 aromatic carbocycles. The summed E-state index contributed by atoms with van der Waals surface area (Å²) in [6, 6.07) is 7.91. The molecule has 0 aliphatic rings. The Balaban J connectivity index is 2.46. The van der Waals surface area contributed by atoms with E-state index in [0.717, 1.165) is 23.4 Å². The molecule has 0 heterocycles. The monoisotopic (exact) mass is 221 g/mol. The van der Waals surface area contributed by atoms with Gasteiger partial charge in [-0.15, -0.1) is 0 Å². The predicted octanol–water partition coefficient (Wildman–Crippen LogP) is 1.72. The summed E-state index contributed by atoms with van der Waals surface area (Å²) in [5.74, 6) is 0.853. The van der Waals surface area contributed by atoms with Crippen molar-refractivity contribution in [2.24, 2.45) is 0 Å². The van der Waals surface area contributed by atoms with Crippen molar-refractivity contribution in [2.75, 3.05) is 19.8 Å². The third-order valence-electron chi connectivity index (χ3n) is 2.00. The Hall–Kier alpha value is -1.32. The minimum Gasteiger partial charge on any atom is -0.489 e. The molecule has 0 saturated heterocycles. The van der Waals surface area contributed by atoms with E-state index in [9.17, 15) is 0 Å². The zero-order valence-electron chi connectivity index (χ0n) is 9.70. The van der Waals surface area contributed by atoms with Crippen LogP contribution in [-0.2, 0) is 6.54 Å². The third kappa shape index (κ3) is 4.96. The van der Waals surface area contributed by atoms with Crippen molar-refractivity contribution < 1.29 is 9.84 Å². The average molecular weight is 221 g/mol. The summed E-state index contributed by atoms with van der Waals surface area (Å²) in [5.41, 5.74) is 2.15. The SMILES string of the molecule is C=C(C)COc1cccc(CNCCO)c1. The van der Waals surface area contributed by atoms with E-state index >= 15 is 0 Å². The smallest absolute Gasteiger partial charge is 0.120 e. The molecule has 16 heavy (non-hydrogen) atoms. The van der Waals surface area contributed by atoms with Crippen LogP contribution in [0.4, 0.5) is 0 Å². The molecule has 3 heteroatoms. The van der Waals surface area contributed by atoms with E-state index in [2.05, 4.69) is 11.9 Å². The van der Waals surface area contributed by atoms with E-state index in [1.54, 1.807) is 0 Å². The lowest BCUT2D eigenvalue weighted by Gasteiger charge is -2.08. The molecule has 1 aromatic rings. The van der Waals surface area contributed by atoms with Gasteiger partial charge < -0.3 is 15.2 Å². The van der Waals surface area contributed by atoms with Crippen LogP contribution in [0.1, 0.15) is 12.5 Å². The molecule has 0 aromatic heterocycles. The van der Waals surface area contributed by atoms with Crippen LogP contribution in [0.15, 0.2) is 36.4 Å². The van der Waals surface area contributed by atoms with E-state index < -0.39 is 0 Å². The van der Waals surface area contributed by atoms with Gasteiger partial charge in [-0.05, 0) is 30.2 Å². The van der Waals surface area contributed by atoms with Crippen LogP contribution in [0, 0.1) is 0 Å². The molecule has 0 spiro atoms. The number of hydrogen-bond acceptors (Lipinski definition) is 3. The molecule has 2 N–H and O–H groups in total. The lowest BCUT2D eigenvalue weighted by Crippen LogP contribution is -2.17. The molecular weight excluding hydrogens is 202 g/mol. The highest BCUT2D eigenvalue weighted by atomic mass is 16.5. The minimum absolute atomic E-state index is 0.159. The number of hydrogen-bond donors (Lipinski definition) is 2. The van der Waals surface area contributed by atoms with Crippen molar-refractivity contribution in [1.82, 2.24) is 5.32 Å². The van der Waals surface area contributed by atoms with Gasteiger partial charge in [-0.2, -0.15) is 0 Å². The van der Waals surface area contributed by atoms with Gasteiger partial charge in [0.2, 0.25) is 0 Å². The zero-order valence-corrected chi connectivity index (χ0v) is 9.70. The molecule has 0 saturated carbocycles. The summed E-state index contributed by atoms with van der Waals surface area (Å²) < 4.78 is 5.54. The summed E-state index contributed by atoms with van der Waals surface area (Å²) in [4.78, 5) is 0. The molecule has 0 aliphatic heterocycles. The molecular formula is C13H19NO2. The number of rotatable bonds is 7. The maximum atomic E-state index is 8.65. The lowest BCUT2D eigenvalue weighted by atomic mass is 10.2. The highest BCUT2D eigenvalue weighted by Gasteiger charge is 1.97. The highest BCUT2D eigenvalue weighted by Crippen LogP contribution is 2.13. The Bertz CT molecular complexity index is 336. The van der Waals surface area contributed by atoms with Gasteiger partial charge in [0, 0.05) is 13.1 Å². The maximum absolute atomic E-state index is 8.65. The van der Waals surface area contributed by atoms with Crippen molar-refractivity contribution in [3.63, 3.8) is 0 Å². The first-order valence-corrected chi connectivity index (χ1v) is 5.40. The second-order valence-electron chi connectivity index (χ2n) is 3.79. The Kier molecular flexibility index (Phi) is 5.61. The molecule has 0 atom stereocenters. The third-order valence-corrected chi connectivity index (χ3v) is 2.00. The van der Waals surface area contributed by atoms with Crippen LogP contribution in [0.2, 0.25) is 0 Å². The van der Waals surface area contributed by atoms with Gasteiger partial charge >= 0.3 is 0 Å². The largest absolute Gasteiger partial charge is 0.489 e.